The summed E-state index contributed by atoms with van der Waals surface area (Å²) in [5, 5.41) is 0.145. The zero-order chi connectivity index (χ0) is 13.4. The molecule has 1 heterocycles. The van der Waals surface area contributed by atoms with E-state index in [4.69, 9.17) is 16.3 Å². The van der Waals surface area contributed by atoms with Gasteiger partial charge >= 0.3 is 0 Å². The van der Waals surface area contributed by atoms with E-state index in [1.54, 1.807) is 12.1 Å². The number of benzene rings is 2. The van der Waals surface area contributed by atoms with Crippen LogP contribution in [0.15, 0.2) is 36.4 Å². The molecule has 4 heteroatoms. The average molecular weight is 342 g/mol. The fourth-order valence-electron chi connectivity index (χ4n) is 2.21. The predicted molar refractivity (Wildman–Crippen MR) is 77.1 cm³/mol. The fraction of sp³-hybridized carbons (Fsp3) is 0.200. The van der Waals surface area contributed by atoms with Gasteiger partial charge in [0.1, 0.15) is 5.82 Å². The lowest BCUT2D eigenvalue weighted by molar-refractivity contribution is 0.134. The number of halogens is 3. The zero-order valence-corrected chi connectivity index (χ0v) is 12.3. The number of rotatable bonds is 2. The maximum atomic E-state index is 13.2. The van der Waals surface area contributed by atoms with Gasteiger partial charge in [-0.3, -0.25) is 0 Å². The lowest BCUT2D eigenvalue weighted by atomic mass is 10.0. The van der Waals surface area contributed by atoms with Gasteiger partial charge < -0.3 is 4.74 Å². The summed E-state index contributed by atoms with van der Waals surface area (Å²) in [5.74, 6) is -0.396. The molecule has 1 atom stereocenters. The van der Waals surface area contributed by atoms with Crippen LogP contribution in [0.2, 0.25) is 5.02 Å². The SMILES string of the molecule is Fc1ccc(C(Br)c2ccc3c(c2)COC3)cc1Cl. The van der Waals surface area contributed by atoms with Crippen molar-refractivity contribution in [1.29, 1.82) is 0 Å². The predicted octanol–water partition coefficient (Wildman–Crippen LogP) is 4.99. The topological polar surface area (TPSA) is 9.23 Å². The smallest absolute Gasteiger partial charge is 0.141 e. The average Bonchev–Trinajstić information content (AvgIpc) is 2.88. The van der Waals surface area contributed by atoms with Crippen molar-refractivity contribution in [3.8, 4) is 0 Å². The summed E-state index contributed by atoms with van der Waals surface area (Å²) in [5.41, 5.74) is 4.51. The Morgan fingerprint density at radius 3 is 2.53 bits per heavy atom. The standard InChI is InChI=1S/C15H11BrClFO/c16-15(10-3-4-14(18)13(17)6-10)9-1-2-11-7-19-8-12(11)5-9/h1-6,15H,7-8H2. The number of alkyl halides is 1. The van der Waals surface area contributed by atoms with E-state index in [-0.39, 0.29) is 9.85 Å². The molecule has 0 amide bonds. The molecule has 0 N–H and O–H groups in total. The molecular weight excluding hydrogens is 331 g/mol. The van der Waals surface area contributed by atoms with Crippen molar-refractivity contribution in [2.45, 2.75) is 18.0 Å². The third-order valence-electron chi connectivity index (χ3n) is 3.27. The monoisotopic (exact) mass is 340 g/mol. The lowest BCUT2D eigenvalue weighted by Gasteiger charge is -2.12. The third-order valence-corrected chi connectivity index (χ3v) is 4.62. The Balaban J connectivity index is 1.94. The maximum absolute atomic E-state index is 13.2. The van der Waals surface area contributed by atoms with Crippen molar-refractivity contribution < 1.29 is 9.13 Å². The summed E-state index contributed by atoms with van der Waals surface area (Å²) in [6, 6.07) is 11.0. The zero-order valence-electron chi connectivity index (χ0n) is 10.00. The van der Waals surface area contributed by atoms with Crippen LogP contribution in [0.4, 0.5) is 4.39 Å². The Morgan fingerprint density at radius 2 is 1.74 bits per heavy atom. The van der Waals surface area contributed by atoms with Crippen molar-refractivity contribution in [3.05, 3.63) is 69.5 Å². The Labute approximate surface area is 124 Å². The van der Waals surface area contributed by atoms with Gasteiger partial charge in [-0.25, -0.2) is 4.39 Å². The molecule has 1 aliphatic heterocycles. The first kappa shape index (κ1) is 13.1. The van der Waals surface area contributed by atoms with Crippen LogP contribution >= 0.6 is 27.5 Å². The second-order valence-corrected chi connectivity index (χ2v) is 5.88. The Bertz CT molecular complexity index is 630. The molecule has 0 aliphatic carbocycles. The molecule has 2 aromatic carbocycles. The summed E-state index contributed by atoms with van der Waals surface area (Å²) in [6.45, 7) is 1.35. The molecule has 0 saturated heterocycles. The second kappa shape index (κ2) is 5.23. The minimum absolute atomic E-state index is 0.00324. The molecule has 3 rings (SSSR count). The van der Waals surface area contributed by atoms with Gasteiger partial charge in [-0.05, 0) is 34.4 Å². The maximum Gasteiger partial charge on any atom is 0.141 e. The van der Waals surface area contributed by atoms with Crippen molar-refractivity contribution in [2.75, 3.05) is 0 Å². The van der Waals surface area contributed by atoms with E-state index in [1.165, 1.54) is 17.2 Å². The highest BCUT2D eigenvalue weighted by molar-refractivity contribution is 9.09. The van der Waals surface area contributed by atoms with E-state index in [1.807, 2.05) is 0 Å². The molecule has 1 unspecified atom stereocenters. The Hall–Kier alpha value is -0.900. The van der Waals surface area contributed by atoms with Gasteiger partial charge in [0, 0.05) is 0 Å². The highest BCUT2D eigenvalue weighted by atomic mass is 79.9. The number of ether oxygens (including phenoxy) is 1. The van der Waals surface area contributed by atoms with Crippen LogP contribution in [0.3, 0.4) is 0 Å². The first-order chi connectivity index (χ1) is 9.15. The summed E-state index contributed by atoms with van der Waals surface area (Å²) in [6.07, 6.45) is 0. The van der Waals surface area contributed by atoms with Crippen LogP contribution in [-0.2, 0) is 18.0 Å². The molecule has 0 radical (unpaired) electrons. The van der Waals surface area contributed by atoms with E-state index in [2.05, 4.69) is 34.1 Å². The van der Waals surface area contributed by atoms with E-state index < -0.39 is 5.82 Å². The van der Waals surface area contributed by atoms with Crippen LogP contribution in [-0.4, -0.2) is 0 Å². The summed E-state index contributed by atoms with van der Waals surface area (Å²) in [7, 11) is 0. The van der Waals surface area contributed by atoms with Crippen molar-refractivity contribution in [2.24, 2.45) is 0 Å². The molecular formula is C15H11BrClFO. The van der Waals surface area contributed by atoms with Crippen LogP contribution in [0, 0.1) is 5.82 Å². The van der Waals surface area contributed by atoms with E-state index in [0.29, 0.717) is 13.2 Å². The molecule has 19 heavy (non-hydrogen) atoms. The minimum atomic E-state index is -0.396. The van der Waals surface area contributed by atoms with Gasteiger partial charge in [0.25, 0.3) is 0 Å². The molecule has 2 aromatic rings. The summed E-state index contributed by atoms with van der Waals surface area (Å²) < 4.78 is 18.6. The number of hydrogen-bond donors (Lipinski definition) is 0. The van der Waals surface area contributed by atoms with Crippen LogP contribution in [0.1, 0.15) is 27.1 Å². The molecule has 0 bridgehead atoms. The molecule has 0 saturated carbocycles. The van der Waals surface area contributed by atoms with Gasteiger partial charge in [-0.1, -0.05) is 51.8 Å². The molecule has 1 nitrogen and oxygen atoms in total. The van der Waals surface area contributed by atoms with Gasteiger partial charge in [0.15, 0.2) is 0 Å². The van der Waals surface area contributed by atoms with Crippen LogP contribution in [0.5, 0.6) is 0 Å². The summed E-state index contributed by atoms with van der Waals surface area (Å²) in [4.78, 5) is -0.00324. The van der Waals surface area contributed by atoms with Crippen LogP contribution in [0.25, 0.3) is 0 Å². The molecule has 1 aliphatic rings. The molecule has 0 spiro atoms. The van der Waals surface area contributed by atoms with Gasteiger partial charge in [-0.15, -0.1) is 0 Å². The quantitative estimate of drug-likeness (QED) is 0.699. The first-order valence-electron chi connectivity index (χ1n) is 5.93. The largest absolute Gasteiger partial charge is 0.372 e. The van der Waals surface area contributed by atoms with Crippen LogP contribution < -0.4 is 0 Å². The van der Waals surface area contributed by atoms with E-state index >= 15 is 0 Å². The highest BCUT2D eigenvalue weighted by Gasteiger charge is 2.16. The van der Waals surface area contributed by atoms with Gasteiger partial charge in [0.05, 0.1) is 23.1 Å². The molecule has 98 valence electrons. The second-order valence-electron chi connectivity index (χ2n) is 4.56. The van der Waals surface area contributed by atoms with Gasteiger partial charge in [-0.2, -0.15) is 0 Å². The lowest BCUT2D eigenvalue weighted by Crippen LogP contribution is -1.95. The first-order valence-corrected chi connectivity index (χ1v) is 7.23. The normalized spacial score (nSPS) is 15.3. The Kier molecular flexibility index (Phi) is 3.61. The number of fused-ring (bicyclic) bond motifs is 1. The van der Waals surface area contributed by atoms with Gasteiger partial charge in [0.2, 0.25) is 0 Å². The van der Waals surface area contributed by atoms with Crippen molar-refractivity contribution >= 4 is 27.5 Å². The van der Waals surface area contributed by atoms with Crippen molar-refractivity contribution in [1.82, 2.24) is 0 Å². The Morgan fingerprint density at radius 1 is 1.05 bits per heavy atom. The molecule has 0 aromatic heterocycles. The summed E-state index contributed by atoms with van der Waals surface area (Å²) >= 11 is 9.46. The highest BCUT2D eigenvalue weighted by Crippen LogP contribution is 2.34. The van der Waals surface area contributed by atoms with Crippen molar-refractivity contribution in [3.63, 3.8) is 0 Å². The fourth-order valence-corrected chi connectivity index (χ4v) is 2.97. The minimum Gasteiger partial charge on any atom is -0.372 e. The molecule has 0 fully saturated rings. The third kappa shape index (κ3) is 2.55. The number of hydrogen-bond acceptors (Lipinski definition) is 1. The van der Waals surface area contributed by atoms with E-state index in [0.717, 1.165) is 11.1 Å². The van der Waals surface area contributed by atoms with E-state index in [9.17, 15) is 4.39 Å².